The van der Waals surface area contributed by atoms with Crippen LogP contribution in [-0.4, -0.2) is 35.6 Å². The van der Waals surface area contributed by atoms with Gasteiger partial charge in [0.1, 0.15) is 0 Å². The van der Waals surface area contributed by atoms with Crippen molar-refractivity contribution in [2.75, 3.05) is 19.6 Å². The van der Waals surface area contributed by atoms with Gasteiger partial charge in [0.2, 0.25) is 0 Å². The van der Waals surface area contributed by atoms with E-state index in [0.29, 0.717) is 12.0 Å². The van der Waals surface area contributed by atoms with Crippen molar-refractivity contribution in [2.45, 2.75) is 53.4 Å². The lowest BCUT2D eigenvalue weighted by molar-refractivity contribution is -0.150. The summed E-state index contributed by atoms with van der Waals surface area (Å²) >= 11 is 0. The van der Waals surface area contributed by atoms with Gasteiger partial charge < -0.3 is 10.0 Å². The van der Waals surface area contributed by atoms with Gasteiger partial charge in [-0.2, -0.15) is 0 Å². The first-order valence-corrected chi connectivity index (χ1v) is 6.81. The highest BCUT2D eigenvalue weighted by Gasteiger charge is 2.43. The molecule has 0 spiro atoms. The Morgan fingerprint density at radius 1 is 1.24 bits per heavy atom. The number of nitrogens with zero attached hydrogens (tertiary/aromatic N) is 1. The highest BCUT2D eigenvalue weighted by Crippen LogP contribution is 2.40. The van der Waals surface area contributed by atoms with Gasteiger partial charge >= 0.3 is 5.97 Å². The van der Waals surface area contributed by atoms with Crippen LogP contribution in [0.4, 0.5) is 0 Å². The summed E-state index contributed by atoms with van der Waals surface area (Å²) in [5.41, 5.74) is -0.136. The van der Waals surface area contributed by atoms with E-state index in [2.05, 4.69) is 18.7 Å². The molecule has 0 unspecified atom stereocenters. The van der Waals surface area contributed by atoms with E-state index in [4.69, 9.17) is 5.11 Å². The molecule has 0 amide bonds. The van der Waals surface area contributed by atoms with Crippen molar-refractivity contribution in [1.82, 2.24) is 4.90 Å². The molecule has 0 radical (unpaired) electrons. The minimum absolute atomic E-state index is 0.484. The fourth-order valence-corrected chi connectivity index (χ4v) is 3.14. The second-order valence-corrected chi connectivity index (χ2v) is 6.33. The van der Waals surface area contributed by atoms with Gasteiger partial charge in [0, 0.05) is 19.6 Å². The number of likely N-dealkylation sites (tertiary alicyclic amines) is 1. The number of hydrogen-bond donors (Lipinski definition) is 1. The highest BCUT2D eigenvalue weighted by molar-refractivity contribution is 5.73. The molecular weight excluding hydrogens is 214 g/mol. The monoisotopic (exact) mass is 241 g/mol. The van der Waals surface area contributed by atoms with E-state index >= 15 is 0 Å². The molecule has 100 valence electrons. The van der Waals surface area contributed by atoms with Crippen LogP contribution in [0.25, 0.3) is 0 Å². The predicted octanol–water partition coefficient (Wildman–Crippen LogP) is 3.00. The van der Waals surface area contributed by atoms with Crippen LogP contribution in [0.1, 0.15) is 53.4 Å². The molecule has 1 saturated heterocycles. The molecule has 1 fully saturated rings. The SMILES string of the molecule is CCCC1(CCC)CN(CC(C)(C)C(=O)O)C1. The standard InChI is InChI=1S/C14H27NO2/c1-5-7-14(8-6-2)10-15(11-14)9-13(3,4)12(16)17/h5-11H2,1-4H3,(H,16,17). The Balaban J connectivity index is 2.46. The third kappa shape index (κ3) is 3.44. The fourth-order valence-electron chi connectivity index (χ4n) is 3.14. The molecule has 3 nitrogen and oxygen atoms in total. The Hall–Kier alpha value is -0.570. The summed E-state index contributed by atoms with van der Waals surface area (Å²) in [5, 5.41) is 9.12. The van der Waals surface area contributed by atoms with Crippen LogP contribution in [0.3, 0.4) is 0 Å². The van der Waals surface area contributed by atoms with Crippen molar-refractivity contribution in [2.24, 2.45) is 10.8 Å². The zero-order valence-electron chi connectivity index (χ0n) is 11.8. The summed E-state index contributed by atoms with van der Waals surface area (Å²) in [4.78, 5) is 13.4. The van der Waals surface area contributed by atoms with Gasteiger partial charge in [-0.1, -0.05) is 26.7 Å². The van der Waals surface area contributed by atoms with E-state index in [1.54, 1.807) is 0 Å². The van der Waals surface area contributed by atoms with Gasteiger partial charge in [0.05, 0.1) is 5.41 Å². The summed E-state index contributed by atoms with van der Waals surface area (Å²) in [7, 11) is 0. The summed E-state index contributed by atoms with van der Waals surface area (Å²) < 4.78 is 0. The Labute approximate surface area is 105 Å². The minimum atomic E-state index is -0.694. The Bertz CT molecular complexity index is 259. The molecular formula is C14H27NO2. The number of aliphatic carboxylic acids is 1. The molecule has 1 N–H and O–H groups in total. The van der Waals surface area contributed by atoms with Crippen LogP contribution in [0.15, 0.2) is 0 Å². The maximum absolute atomic E-state index is 11.1. The number of carboxylic acids is 1. The topological polar surface area (TPSA) is 40.5 Å². The second-order valence-electron chi connectivity index (χ2n) is 6.33. The Morgan fingerprint density at radius 3 is 2.06 bits per heavy atom. The quantitative estimate of drug-likeness (QED) is 0.745. The van der Waals surface area contributed by atoms with E-state index in [-0.39, 0.29) is 0 Å². The predicted molar refractivity (Wildman–Crippen MR) is 70.1 cm³/mol. The van der Waals surface area contributed by atoms with Gasteiger partial charge in [0.25, 0.3) is 0 Å². The van der Waals surface area contributed by atoms with E-state index in [9.17, 15) is 4.79 Å². The first kappa shape index (κ1) is 14.5. The normalized spacial score (nSPS) is 20.0. The average molecular weight is 241 g/mol. The lowest BCUT2D eigenvalue weighted by atomic mass is 9.72. The summed E-state index contributed by atoms with van der Waals surface area (Å²) in [6.45, 7) is 11.0. The maximum atomic E-state index is 11.1. The lowest BCUT2D eigenvalue weighted by Gasteiger charge is -2.52. The highest BCUT2D eigenvalue weighted by atomic mass is 16.4. The first-order valence-electron chi connectivity index (χ1n) is 6.81. The number of hydrogen-bond acceptors (Lipinski definition) is 2. The van der Waals surface area contributed by atoms with Gasteiger partial charge in [-0.3, -0.25) is 4.79 Å². The van der Waals surface area contributed by atoms with Crippen molar-refractivity contribution in [3.8, 4) is 0 Å². The number of carbonyl (C=O) groups is 1. The molecule has 1 aliphatic rings. The van der Waals surface area contributed by atoms with E-state index in [1.165, 1.54) is 25.7 Å². The number of carboxylic acid groups (broad SMARTS) is 1. The molecule has 1 rings (SSSR count). The van der Waals surface area contributed by atoms with E-state index in [1.807, 2.05) is 13.8 Å². The first-order chi connectivity index (χ1) is 7.85. The molecule has 0 atom stereocenters. The average Bonchev–Trinajstić information content (AvgIpc) is 2.15. The Kier molecular flexibility index (Phi) is 4.59. The molecule has 0 saturated carbocycles. The third-order valence-corrected chi connectivity index (χ3v) is 3.88. The van der Waals surface area contributed by atoms with Gasteiger partial charge in [-0.25, -0.2) is 0 Å². The van der Waals surface area contributed by atoms with Crippen molar-refractivity contribution < 1.29 is 9.90 Å². The van der Waals surface area contributed by atoms with Gasteiger partial charge in [0.15, 0.2) is 0 Å². The fraction of sp³-hybridized carbons (Fsp3) is 0.929. The van der Waals surface area contributed by atoms with Gasteiger partial charge in [-0.05, 0) is 32.1 Å². The molecule has 0 aromatic carbocycles. The van der Waals surface area contributed by atoms with Crippen LogP contribution in [0.2, 0.25) is 0 Å². The smallest absolute Gasteiger partial charge is 0.310 e. The van der Waals surface area contributed by atoms with Crippen molar-refractivity contribution in [3.05, 3.63) is 0 Å². The van der Waals surface area contributed by atoms with Crippen LogP contribution in [-0.2, 0) is 4.79 Å². The molecule has 1 aliphatic heterocycles. The van der Waals surface area contributed by atoms with Crippen LogP contribution < -0.4 is 0 Å². The zero-order valence-corrected chi connectivity index (χ0v) is 11.8. The van der Waals surface area contributed by atoms with Crippen molar-refractivity contribution in [3.63, 3.8) is 0 Å². The lowest BCUT2D eigenvalue weighted by Crippen LogP contribution is -2.59. The van der Waals surface area contributed by atoms with E-state index in [0.717, 1.165) is 13.1 Å². The van der Waals surface area contributed by atoms with E-state index < -0.39 is 11.4 Å². The largest absolute Gasteiger partial charge is 0.481 e. The second kappa shape index (κ2) is 5.38. The molecule has 3 heteroatoms. The molecule has 1 heterocycles. The molecule has 0 bridgehead atoms. The zero-order chi connectivity index (χ0) is 13.1. The Morgan fingerprint density at radius 2 is 1.71 bits per heavy atom. The minimum Gasteiger partial charge on any atom is -0.481 e. The van der Waals surface area contributed by atoms with Gasteiger partial charge in [-0.15, -0.1) is 0 Å². The molecule has 17 heavy (non-hydrogen) atoms. The molecule has 0 aromatic rings. The van der Waals surface area contributed by atoms with Crippen molar-refractivity contribution >= 4 is 5.97 Å². The summed E-state index contributed by atoms with van der Waals surface area (Å²) in [6, 6.07) is 0. The summed E-state index contributed by atoms with van der Waals surface area (Å²) in [6.07, 6.45) is 5.03. The maximum Gasteiger partial charge on any atom is 0.310 e. The van der Waals surface area contributed by atoms with Crippen LogP contribution in [0, 0.1) is 10.8 Å². The summed E-state index contributed by atoms with van der Waals surface area (Å²) in [5.74, 6) is -0.694. The molecule has 0 aliphatic carbocycles. The molecule has 0 aromatic heterocycles. The number of rotatable bonds is 7. The van der Waals surface area contributed by atoms with Crippen LogP contribution in [0.5, 0.6) is 0 Å². The van der Waals surface area contributed by atoms with Crippen molar-refractivity contribution in [1.29, 1.82) is 0 Å². The third-order valence-electron chi connectivity index (χ3n) is 3.88. The van der Waals surface area contributed by atoms with Crippen LogP contribution >= 0.6 is 0 Å².